The van der Waals surface area contributed by atoms with Crippen LogP contribution < -0.4 is 0 Å². The number of methoxy groups -OCH3 is 1. The van der Waals surface area contributed by atoms with Crippen molar-refractivity contribution in [1.82, 2.24) is 0 Å². The maximum atomic E-state index is 8.93. The minimum atomic E-state index is -0.415. The third kappa shape index (κ3) is 9.76. The molecule has 0 aromatic rings. The highest BCUT2D eigenvalue weighted by Crippen LogP contribution is 1.93. The molecule has 0 heterocycles. The van der Waals surface area contributed by atoms with E-state index in [1.165, 1.54) is 0 Å². The lowest BCUT2D eigenvalue weighted by Crippen LogP contribution is -2.22. The van der Waals surface area contributed by atoms with E-state index >= 15 is 0 Å². The molecule has 0 saturated carbocycles. The smallest absolute Gasteiger partial charge is 0.0781 e. The summed E-state index contributed by atoms with van der Waals surface area (Å²) in [4.78, 5) is 0. The summed E-state index contributed by atoms with van der Waals surface area (Å²) in [6, 6.07) is 0. The molecule has 4 heteroatoms. The Balaban J connectivity index is 3.15. The third-order valence-electron chi connectivity index (χ3n) is 1.41. The predicted molar refractivity (Wildman–Crippen MR) is 49.8 cm³/mol. The summed E-state index contributed by atoms with van der Waals surface area (Å²) in [5.74, 6) is 0. The van der Waals surface area contributed by atoms with Gasteiger partial charge in [-0.3, -0.25) is 0 Å². The minimum Gasteiger partial charge on any atom is -0.391 e. The Morgan fingerprint density at radius 1 is 1.15 bits per heavy atom. The van der Waals surface area contributed by atoms with Gasteiger partial charge in [0.15, 0.2) is 0 Å². The molecular formula is C9H20O4. The van der Waals surface area contributed by atoms with Crippen LogP contribution in [0.2, 0.25) is 0 Å². The van der Waals surface area contributed by atoms with E-state index in [-0.39, 0.29) is 6.10 Å². The van der Waals surface area contributed by atoms with Crippen molar-refractivity contribution in [3.8, 4) is 0 Å². The first-order chi connectivity index (χ1) is 6.16. The maximum absolute atomic E-state index is 8.93. The summed E-state index contributed by atoms with van der Waals surface area (Å²) >= 11 is 0. The molecule has 4 nitrogen and oxygen atoms in total. The van der Waals surface area contributed by atoms with Gasteiger partial charge in [-0.1, -0.05) is 0 Å². The van der Waals surface area contributed by atoms with Gasteiger partial charge in [0.25, 0.3) is 0 Å². The average Bonchev–Trinajstić information content (AvgIpc) is 2.09. The highest BCUT2D eigenvalue weighted by Gasteiger charge is 2.03. The monoisotopic (exact) mass is 192 g/mol. The molecule has 0 radical (unpaired) electrons. The van der Waals surface area contributed by atoms with Gasteiger partial charge < -0.3 is 19.3 Å². The standard InChI is InChI=1S/C9H20O4/c1-8(10)6-13-9(2)7-12-5-4-11-3/h8-10H,4-7H2,1-3H3. The molecule has 13 heavy (non-hydrogen) atoms. The average molecular weight is 192 g/mol. The van der Waals surface area contributed by atoms with E-state index < -0.39 is 6.10 Å². The van der Waals surface area contributed by atoms with Crippen LogP contribution in [0.15, 0.2) is 0 Å². The summed E-state index contributed by atoms with van der Waals surface area (Å²) in [5.41, 5.74) is 0. The van der Waals surface area contributed by atoms with Gasteiger partial charge in [-0.05, 0) is 13.8 Å². The van der Waals surface area contributed by atoms with Gasteiger partial charge in [0.05, 0.1) is 38.6 Å². The van der Waals surface area contributed by atoms with Crippen LogP contribution in [0.25, 0.3) is 0 Å². The molecule has 0 aromatic heterocycles. The van der Waals surface area contributed by atoms with Crippen molar-refractivity contribution in [1.29, 1.82) is 0 Å². The van der Waals surface area contributed by atoms with Crippen molar-refractivity contribution in [2.24, 2.45) is 0 Å². The fourth-order valence-electron chi connectivity index (χ4n) is 0.743. The van der Waals surface area contributed by atoms with Gasteiger partial charge in [0, 0.05) is 7.11 Å². The third-order valence-corrected chi connectivity index (χ3v) is 1.41. The van der Waals surface area contributed by atoms with Gasteiger partial charge in [-0.25, -0.2) is 0 Å². The zero-order valence-electron chi connectivity index (χ0n) is 8.66. The highest BCUT2D eigenvalue weighted by molar-refractivity contribution is 4.50. The van der Waals surface area contributed by atoms with Gasteiger partial charge >= 0.3 is 0 Å². The molecule has 2 atom stereocenters. The SMILES string of the molecule is COCCOCC(C)OCC(C)O. The molecule has 0 spiro atoms. The molecule has 0 aliphatic rings. The normalized spacial score (nSPS) is 15.7. The van der Waals surface area contributed by atoms with E-state index in [0.717, 1.165) is 0 Å². The summed E-state index contributed by atoms with van der Waals surface area (Å²) in [6.07, 6.45) is -0.395. The van der Waals surface area contributed by atoms with Crippen LogP contribution in [0.1, 0.15) is 13.8 Å². The number of aliphatic hydroxyl groups excluding tert-OH is 1. The van der Waals surface area contributed by atoms with Gasteiger partial charge in [0.1, 0.15) is 0 Å². The van der Waals surface area contributed by atoms with Crippen molar-refractivity contribution < 1.29 is 19.3 Å². The predicted octanol–water partition coefficient (Wildman–Crippen LogP) is 0.435. The molecule has 0 amide bonds. The Kier molecular flexibility index (Phi) is 8.33. The minimum absolute atomic E-state index is 0.0199. The van der Waals surface area contributed by atoms with Crippen molar-refractivity contribution in [2.75, 3.05) is 33.5 Å². The Hall–Kier alpha value is -0.160. The molecule has 80 valence electrons. The molecule has 0 aliphatic carbocycles. The number of rotatable bonds is 8. The van der Waals surface area contributed by atoms with E-state index in [1.807, 2.05) is 6.92 Å². The molecule has 0 fully saturated rings. The Bertz CT molecular complexity index is 106. The van der Waals surface area contributed by atoms with Crippen LogP contribution in [0.5, 0.6) is 0 Å². The molecule has 0 bridgehead atoms. The van der Waals surface area contributed by atoms with Crippen LogP contribution >= 0.6 is 0 Å². The summed E-state index contributed by atoms with van der Waals surface area (Å²) < 4.78 is 15.3. The first-order valence-electron chi connectivity index (χ1n) is 4.53. The van der Waals surface area contributed by atoms with Gasteiger partial charge in [0.2, 0.25) is 0 Å². The molecule has 1 N–H and O–H groups in total. The zero-order chi connectivity index (χ0) is 10.1. The van der Waals surface area contributed by atoms with E-state index in [4.69, 9.17) is 19.3 Å². The number of ether oxygens (including phenoxy) is 3. The second kappa shape index (κ2) is 8.44. The van der Waals surface area contributed by atoms with E-state index in [1.54, 1.807) is 14.0 Å². The largest absolute Gasteiger partial charge is 0.391 e. The highest BCUT2D eigenvalue weighted by atomic mass is 16.5. The fraction of sp³-hybridized carbons (Fsp3) is 1.00. The summed E-state index contributed by atoms with van der Waals surface area (Å²) in [7, 11) is 1.64. The van der Waals surface area contributed by atoms with Crippen molar-refractivity contribution in [3.63, 3.8) is 0 Å². The lowest BCUT2D eigenvalue weighted by atomic mass is 10.4. The molecule has 0 saturated heterocycles. The molecule has 2 unspecified atom stereocenters. The molecular weight excluding hydrogens is 172 g/mol. The molecule has 0 rings (SSSR count). The second-order valence-corrected chi connectivity index (χ2v) is 3.06. The number of aliphatic hydroxyl groups is 1. The van der Waals surface area contributed by atoms with E-state index in [2.05, 4.69) is 0 Å². The van der Waals surface area contributed by atoms with Crippen molar-refractivity contribution >= 4 is 0 Å². The van der Waals surface area contributed by atoms with E-state index in [9.17, 15) is 0 Å². The summed E-state index contributed by atoms with van der Waals surface area (Å²) in [6.45, 7) is 5.68. The molecule has 0 aromatic carbocycles. The first-order valence-corrected chi connectivity index (χ1v) is 4.53. The topological polar surface area (TPSA) is 47.9 Å². The van der Waals surface area contributed by atoms with Crippen LogP contribution in [0.3, 0.4) is 0 Å². The van der Waals surface area contributed by atoms with Crippen LogP contribution in [-0.2, 0) is 14.2 Å². The lowest BCUT2D eigenvalue weighted by Gasteiger charge is -2.14. The molecule has 0 aliphatic heterocycles. The lowest BCUT2D eigenvalue weighted by molar-refractivity contribution is -0.0430. The quantitative estimate of drug-likeness (QED) is 0.567. The van der Waals surface area contributed by atoms with Crippen molar-refractivity contribution in [2.45, 2.75) is 26.1 Å². The van der Waals surface area contributed by atoms with E-state index in [0.29, 0.717) is 26.4 Å². The Labute approximate surface area is 79.8 Å². The zero-order valence-corrected chi connectivity index (χ0v) is 8.66. The first kappa shape index (κ1) is 12.8. The van der Waals surface area contributed by atoms with Gasteiger partial charge in [-0.15, -0.1) is 0 Å². The number of hydrogen-bond acceptors (Lipinski definition) is 4. The van der Waals surface area contributed by atoms with Crippen LogP contribution in [0, 0.1) is 0 Å². The van der Waals surface area contributed by atoms with Gasteiger partial charge in [-0.2, -0.15) is 0 Å². The van der Waals surface area contributed by atoms with Crippen LogP contribution in [-0.4, -0.2) is 50.9 Å². The summed E-state index contributed by atoms with van der Waals surface area (Å²) in [5, 5.41) is 8.93. The van der Waals surface area contributed by atoms with Crippen LogP contribution in [0.4, 0.5) is 0 Å². The Morgan fingerprint density at radius 3 is 2.38 bits per heavy atom. The second-order valence-electron chi connectivity index (χ2n) is 3.06. The fourth-order valence-corrected chi connectivity index (χ4v) is 0.743. The number of hydrogen-bond donors (Lipinski definition) is 1. The maximum Gasteiger partial charge on any atom is 0.0781 e. The Morgan fingerprint density at radius 2 is 1.85 bits per heavy atom. The van der Waals surface area contributed by atoms with Crippen molar-refractivity contribution in [3.05, 3.63) is 0 Å².